The molecule has 1 aromatic carbocycles. The second-order valence-corrected chi connectivity index (χ2v) is 5.95. The Balaban J connectivity index is 2.37. The van der Waals surface area contributed by atoms with Gasteiger partial charge in [-0.25, -0.2) is 0 Å². The number of hydrogen-bond donors (Lipinski definition) is 2. The third-order valence-corrected chi connectivity index (χ3v) is 2.65. The Labute approximate surface area is 125 Å². The van der Waals surface area contributed by atoms with Gasteiger partial charge in [0.15, 0.2) is 11.7 Å². The summed E-state index contributed by atoms with van der Waals surface area (Å²) >= 11 is 5.04. The number of thiocarbonyl (C=S) groups is 1. The number of hydrogen-bond acceptors (Lipinski definition) is 3. The molecule has 0 radical (unpaired) electrons. The Bertz CT molecular complexity index is 464. The van der Waals surface area contributed by atoms with Gasteiger partial charge in [-0.2, -0.15) is 0 Å². The van der Waals surface area contributed by atoms with Crippen LogP contribution in [0, 0.1) is 0 Å². The van der Waals surface area contributed by atoms with Crippen LogP contribution >= 0.6 is 12.2 Å². The molecular formula is C15H22N2O2S. The number of rotatable bonds is 4. The molecule has 0 saturated heterocycles. The molecule has 0 saturated carbocycles. The summed E-state index contributed by atoms with van der Waals surface area (Å²) in [5.74, 6) is 0.401. The predicted molar refractivity (Wildman–Crippen MR) is 84.9 cm³/mol. The van der Waals surface area contributed by atoms with Crippen molar-refractivity contribution in [1.29, 1.82) is 0 Å². The van der Waals surface area contributed by atoms with E-state index in [1.165, 1.54) is 5.56 Å². The van der Waals surface area contributed by atoms with Crippen LogP contribution in [0.3, 0.4) is 0 Å². The summed E-state index contributed by atoms with van der Waals surface area (Å²) in [6.45, 7) is 7.94. The molecule has 20 heavy (non-hydrogen) atoms. The molecular weight excluding hydrogens is 272 g/mol. The zero-order valence-electron chi connectivity index (χ0n) is 12.4. The third kappa shape index (κ3) is 6.52. The predicted octanol–water partition coefficient (Wildman–Crippen LogP) is 2.42. The first-order valence-corrected chi connectivity index (χ1v) is 7.04. The summed E-state index contributed by atoms with van der Waals surface area (Å²) in [6.07, 6.45) is 0.980. The average molecular weight is 294 g/mol. The van der Waals surface area contributed by atoms with Crippen molar-refractivity contribution in [1.82, 2.24) is 10.6 Å². The van der Waals surface area contributed by atoms with Gasteiger partial charge in [0.2, 0.25) is 0 Å². The summed E-state index contributed by atoms with van der Waals surface area (Å²) in [5, 5.41) is 5.91. The summed E-state index contributed by atoms with van der Waals surface area (Å²) in [7, 11) is 0. The normalized spacial score (nSPS) is 10.8. The monoisotopic (exact) mass is 294 g/mol. The van der Waals surface area contributed by atoms with Gasteiger partial charge in [0.25, 0.3) is 5.91 Å². The van der Waals surface area contributed by atoms with Gasteiger partial charge >= 0.3 is 0 Å². The second-order valence-electron chi connectivity index (χ2n) is 5.54. The van der Waals surface area contributed by atoms with Crippen LogP contribution in [-0.4, -0.2) is 23.2 Å². The molecule has 0 aromatic heterocycles. The molecule has 0 atom stereocenters. The van der Waals surface area contributed by atoms with E-state index < -0.39 is 0 Å². The fraction of sp³-hybridized carbons (Fsp3) is 0.467. The smallest absolute Gasteiger partial charge is 0.264 e. The average Bonchev–Trinajstić information content (AvgIpc) is 2.34. The maximum atomic E-state index is 11.7. The lowest BCUT2D eigenvalue weighted by Crippen LogP contribution is -2.49. The van der Waals surface area contributed by atoms with Crippen molar-refractivity contribution in [3.63, 3.8) is 0 Å². The molecule has 0 unspecified atom stereocenters. The van der Waals surface area contributed by atoms with Crippen LogP contribution < -0.4 is 15.4 Å². The standard InChI is InChI=1S/C15H22N2O2S/c1-5-11-6-8-12(9-7-11)19-10-13(18)16-14(20)17-15(2,3)4/h6-9H,5,10H2,1-4H3,(H2,16,17,18,20). The maximum Gasteiger partial charge on any atom is 0.264 e. The lowest BCUT2D eigenvalue weighted by atomic mass is 10.1. The molecule has 0 spiro atoms. The third-order valence-electron chi connectivity index (χ3n) is 2.44. The molecule has 1 amide bonds. The fourth-order valence-corrected chi connectivity index (χ4v) is 1.92. The largest absolute Gasteiger partial charge is 0.484 e. The van der Waals surface area contributed by atoms with Crippen LogP contribution in [0.2, 0.25) is 0 Å². The SMILES string of the molecule is CCc1ccc(OCC(=O)NC(=S)NC(C)(C)C)cc1. The molecule has 1 aromatic rings. The van der Waals surface area contributed by atoms with Crippen molar-refractivity contribution in [2.45, 2.75) is 39.7 Å². The van der Waals surface area contributed by atoms with Crippen LogP contribution in [0.4, 0.5) is 0 Å². The van der Waals surface area contributed by atoms with Gasteiger partial charge in [-0.1, -0.05) is 19.1 Å². The van der Waals surface area contributed by atoms with Crippen LogP contribution in [0.25, 0.3) is 0 Å². The molecule has 0 bridgehead atoms. The minimum Gasteiger partial charge on any atom is -0.484 e. The molecule has 0 aliphatic heterocycles. The van der Waals surface area contributed by atoms with Gasteiger partial charge in [0.1, 0.15) is 5.75 Å². The molecule has 1 rings (SSSR count). The lowest BCUT2D eigenvalue weighted by molar-refractivity contribution is -0.121. The van der Waals surface area contributed by atoms with Crippen molar-refractivity contribution < 1.29 is 9.53 Å². The maximum absolute atomic E-state index is 11.7. The van der Waals surface area contributed by atoms with Crippen LogP contribution in [-0.2, 0) is 11.2 Å². The van der Waals surface area contributed by atoms with Gasteiger partial charge < -0.3 is 15.4 Å². The summed E-state index contributed by atoms with van der Waals surface area (Å²) < 4.78 is 5.40. The molecule has 0 aliphatic carbocycles. The first kappa shape index (κ1) is 16.4. The summed E-state index contributed by atoms with van der Waals surface area (Å²) in [6, 6.07) is 7.69. The van der Waals surface area contributed by atoms with E-state index in [0.29, 0.717) is 10.9 Å². The highest BCUT2D eigenvalue weighted by molar-refractivity contribution is 7.80. The van der Waals surface area contributed by atoms with E-state index >= 15 is 0 Å². The Morgan fingerprint density at radius 3 is 2.35 bits per heavy atom. The zero-order chi connectivity index (χ0) is 15.2. The first-order valence-electron chi connectivity index (χ1n) is 6.64. The van der Waals surface area contributed by atoms with Gasteiger partial charge in [0, 0.05) is 5.54 Å². The number of ether oxygens (including phenoxy) is 1. The summed E-state index contributed by atoms with van der Waals surface area (Å²) in [5.41, 5.74) is 1.05. The van der Waals surface area contributed by atoms with Crippen LogP contribution in [0.5, 0.6) is 5.75 Å². The second kappa shape index (κ2) is 7.24. The number of nitrogens with one attached hydrogen (secondary N) is 2. The van der Waals surface area contributed by atoms with Gasteiger partial charge in [-0.15, -0.1) is 0 Å². The van der Waals surface area contributed by atoms with E-state index in [-0.39, 0.29) is 18.1 Å². The van der Waals surface area contributed by atoms with Crippen molar-refractivity contribution in [3.05, 3.63) is 29.8 Å². The van der Waals surface area contributed by atoms with Crippen molar-refractivity contribution in [3.8, 4) is 5.75 Å². The van der Waals surface area contributed by atoms with E-state index in [4.69, 9.17) is 17.0 Å². The Hall–Kier alpha value is -1.62. The van der Waals surface area contributed by atoms with Gasteiger partial charge in [-0.05, 0) is 57.1 Å². The van der Waals surface area contributed by atoms with Crippen molar-refractivity contribution >= 4 is 23.2 Å². The van der Waals surface area contributed by atoms with Gasteiger partial charge in [0.05, 0.1) is 0 Å². The molecule has 0 fully saturated rings. The Kier molecular flexibility index (Phi) is 5.95. The topological polar surface area (TPSA) is 50.4 Å². The number of benzene rings is 1. The zero-order valence-corrected chi connectivity index (χ0v) is 13.3. The summed E-state index contributed by atoms with van der Waals surface area (Å²) in [4.78, 5) is 11.7. The van der Waals surface area contributed by atoms with E-state index in [0.717, 1.165) is 6.42 Å². The van der Waals surface area contributed by atoms with E-state index in [1.54, 1.807) is 0 Å². The quantitative estimate of drug-likeness (QED) is 0.837. The Morgan fingerprint density at radius 1 is 1.25 bits per heavy atom. The molecule has 0 aliphatic rings. The molecule has 4 nitrogen and oxygen atoms in total. The van der Waals surface area contributed by atoms with E-state index in [1.807, 2.05) is 45.0 Å². The molecule has 0 heterocycles. The fourth-order valence-electron chi connectivity index (χ4n) is 1.50. The lowest BCUT2D eigenvalue weighted by Gasteiger charge is -2.22. The molecule has 2 N–H and O–H groups in total. The minimum absolute atomic E-state index is 0.0581. The van der Waals surface area contributed by atoms with Crippen molar-refractivity contribution in [2.75, 3.05) is 6.61 Å². The van der Waals surface area contributed by atoms with E-state index in [2.05, 4.69) is 17.6 Å². The Morgan fingerprint density at radius 2 is 1.85 bits per heavy atom. The highest BCUT2D eigenvalue weighted by atomic mass is 32.1. The number of amides is 1. The van der Waals surface area contributed by atoms with Crippen molar-refractivity contribution in [2.24, 2.45) is 0 Å². The highest BCUT2D eigenvalue weighted by Crippen LogP contribution is 2.12. The van der Waals surface area contributed by atoms with Gasteiger partial charge in [-0.3, -0.25) is 4.79 Å². The van der Waals surface area contributed by atoms with Crippen LogP contribution in [0.1, 0.15) is 33.3 Å². The van der Waals surface area contributed by atoms with Crippen LogP contribution in [0.15, 0.2) is 24.3 Å². The number of carbonyl (C=O) groups is 1. The molecule has 110 valence electrons. The number of carbonyl (C=O) groups excluding carboxylic acids is 1. The molecule has 5 heteroatoms. The first-order chi connectivity index (χ1) is 9.30. The van der Waals surface area contributed by atoms with E-state index in [9.17, 15) is 4.79 Å². The number of aryl methyl sites for hydroxylation is 1. The minimum atomic E-state index is -0.272. The highest BCUT2D eigenvalue weighted by Gasteiger charge is 2.13.